The minimum absolute atomic E-state index is 0.313. The number of phenolic OH excluding ortho intramolecular Hbond substituents is 1. The summed E-state index contributed by atoms with van der Waals surface area (Å²) in [5, 5.41) is 12.7. The van der Waals surface area contributed by atoms with Gasteiger partial charge in [-0.1, -0.05) is 0 Å². The molecule has 0 radical (unpaired) electrons. The number of rotatable bonds is 1. The quantitative estimate of drug-likeness (QED) is 0.466. The number of phenols is 1. The zero-order chi connectivity index (χ0) is 9.97. The molecule has 2 rings (SSSR count). The Morgan fingerprint density at radius 1 is 1.29 bits per heavy atom. The Bertz CT molecular complexity index is 319. The van der Waals surface area contributed by atoms with Gasteiger partial charge in [-0.25, -0.2) is 0 Å². The first-order valence-corrected chi connectivity index (χ1v) is 5.06. The van der Waals surface area contributed by atoms with Gasteiger partial charge in [-0.2, -0.15) is 0 Å². The standard InChI is InChI=1S/C11H16N2O/c12-11-2-1-9(14)7-10(11)8-3-5-13-6-4-8/h1-2,7-8,13-14H,3-6,12H2. The van der Waals surface area contributed by atoms with Crippen LogP contribution in [-0.2, 0) is 0 Å². The fraction of sp³-hybridized carbons (Fsp3) is 0.455. The van der Waals surface area contributed by atoms with E-state index >= 15 is 0 Å². The fourth-order valence-electron chi connectivity index (χ4n) is 2.05. The van der Waals surface area contributed by atoms with Crippen LogP contribution in [0.1, 0.15) is 24.3 Å². The molecule has 76 valence electrons. The van der Waals surface area contributed by atoms with E-state index in [1.54, 1.807) is 18.2 Å². The number of nitrogens with two attached hydrogens (primary N) is 1. The van der Waals surface area contributed by atoms with Gasteiger partial charge in [-0.05, 0) is 55.6 Å². The molecule has 0 saturated carbocycles. The van der Waals surface area contributed by atoms with Crippen molar-refractivity contribution in [2.24, 2.45) is 0 Å². The van der Waals surface area contributed by atoms with Crippen LogP contribution in [0.2, 0.25) is 0 Å². The zero-order valence-corrected chi connectivity index (χ0v) is 8.16. The Labute approximate surface area is 83.9 Å². The van der Waals surface area contributed by atoms with Gasteiger partial charge in [0.05, 0.1) is 0 Å². The Balaban J connectivity index is 2.24. The van der Waals surface area contributed by atoms with Gasteiger partial charge in [-0.15, -0.1) is 0 Å². The van der Waals surface area contributed by atoms with Crippen LogP contribution in [0.4, 0.5) is 5.69 Å². The van der Waals surface area contributed by atoms with Gasteiger partial charge >= 0.3 is 0 Å². The molecule has 1 aromatic rings. The molecule has 1 heterocycles. The minimum atomic E-state index is 0.313. The van der Waals surface area contributed by atoms with Crippen molar-refractivity contribution < 1.29 is 5.11 Å². The summed E-state index contributed by atoms with van der Waals surface area (Å²) in [5.74, 6) is 0.816. The van der Waals surface area contributed by atoms with E-state index in [9.17, 15) is 5.11 Å². The number of anilines is 1. The van der Waals surface area contributed by atoms with Crippen LogP contribution in [0.15, 0.2) is 18.2 Å². The lowest BCUT2D eigenvalue weighted by Crippen LogP contribution is -2.26. The second kappa shape index (κ2) is 3.88. The zero-order valence-electron chi connectivity index (χ0n) is 8.16. The van der Waals surface area contributed by atoms with Crippen LogP contribution in [0, 0.1) is 0 Å². The molecule has 4 N–H and O–H groups in total. The van der Waals surface area contributed by atoms with Crippen LogP contribution < -0.4 is 11.1 Å². The second-order valence-corrected chi connectivity index (χ2v) is 3.84. The van der Waals surface area contributed by atoms with Gasteiger partial charge < -0.3 is 16.2 Å². The van der Waals surface area contributed by atoms with Crippen molar-refractivity contribution in [2.45, 2.75) is 18.8 Å². The average Bonchev–Trinajstić information content (AvgIpc) is 2.23. The predicted molar refractivity (Wildman–Crippen MR) is 57.4 cm³/mol. The third-order valence-electron chi connectivity index (χ3n) is 2.85. The molecule has 1 aliphatic heterocycles. The van der Waals surface area contributed by atoms with E-state index in [0.29, 0.717) is 11.7 Å². The summed E-state index contributed by atoms with van der Waals surface area (Å²) in [6, 6.07) is 5.22. The maximum Gasteiger partial charge on any atom is 0.116 e. The number of nitrogen functional groups attached to an aromatic ring is 1. The van der Waals surface area contributed by atoms with Crippen molar-refractivity contribution in [3.63, 3.8) is 0 Å². The minimum Gasteiger partial charge on any atom is -0.508 e. The third-order valence-corrected chi connectivity index (χ3v) is 2.85. The lowest BCUT2D eigenvalue weighted by atomic mass is 9.89. The molecule has 1 aliphatic rings. The molecule has 3 nitrogen and oxygen atoms in total. The molecule has 0 spiro atoms. The first kappa shape index (κ1) is 9.34. The topological polar surface area (TPSA) is 58.3 Å². The highest BCUT2D eigenvalue weighted by atomic mass is 16.3. The molecule has 0 amide bonds. The summed E-state index contributed by atoms with van der Waals surface area (Å²) in [6.45, 7) is 2.08. The molecule has 1 aromatic carbocycles. The van der Waals surface area contributed by atoms with Gasteiger partial charge in [0.2, 0.25) is 0 Å². The molecule has 0 aliphatic carbocycles. The molecule has 3 heteroatoms. The highest BCUT2D eigenvalue weighted by Gasteiger charge is 2.17. The van der Waals surface area contributed by atoms with E-state index in [1.165, 1.54) is 0 Å². The molecular weight excluding hydrogens is 176 g/mol. The van der Waals surface area contributed by atoms with E-state index in [2.05, 4.69) is 5.32 Å². The van der Waals surface area contributed by atoms with Gasteiger partial charge in [-0.3, -0.25) is 0 Å². The van der Waals surface area contributed by atoms with Crippen LogP contribution in [-0.4, -0.2) is 18.2 Å². The number of aromatic hydroxyl groups is 1. The number of hydrogen-bond acceptors (Lipinski definition) is 3. The SMILES string of the molecule is Nc1ccc(O)cc1C1CCNCC1. The highest BCUT2D eigenvalue weighted by molar-refractivity contribution is 5.52. The Morgan fingerprint density at radius 2 is 2.00 bits per heavy atom. The smallest absolute Gasteiger partial charge is 0.116 e. The fourth-order valence-corrected chi connectivity index (χ4v) is 2.05. The highest BCUT2D eigenvalue weighted by Crippen LogP contribution is 2.31. The second-order valence-electron chi connectivity index (χ2n) is 3.84. The van der Waals surface area contributed by atoms with E-state index in [0.717, 1.165) is 37.2 Å². The molecule has 0 atom stereocenters. The van der Waals surface area contributed by atoms with E-state index in [4.69, 9.17) is 5.73 Å². The Morgan fingerprint density at radius 3 is 2.71 bits per heavy atom. The summed E-state index contributed by atoms with van der Waals surface area (Å²) in [5.41, 5.74) is 7.79. The van der Waals surface area contributed by atoms with Crippen molar-refractivity contribution in [2.75, 3.05) is 18.8 Å². The third kappa shape index (κ3) is 1.82. The number of benzene rings is 1. The maximum atomic E-state index is 9.40. The van der Waals surface area contributed by atoms with Crippen LogP contribution in [0.25, 0.3) is 0 Å². The van der Waals surface area contributed by atoms with Gasteiger partial charge in [0.15, 0.2) is 0 Å². The van der Waals surface area contributed by atoms with E-state index in [-0.39, 0.29) is 0 Å². The summed E-state index contributed by atoms with van der Waals surface area (Å²) >= 11 is 0. The lowest BCUT2D eigenvalue weighted by molar-refractivity contribution is 0.452. The normalized spacial score (nSPS) is 18.3. The number of nitrogens with one attached hydrogen (secondary N) is 1. The Kier molecular flexibility index (Phi) is 2.59. The summed E-state index contributed by atoms with van der Waals surface area (Å²) in [6.07, 6.45) is 2.21. The van der Waals surface area contributed by atoms with Crippen molar-refractivity contribution in [3.05, 3.63) is 23.8 Å². The summed E-state index contributed by atoms with van der Waals surface area (Å²) in [4.78, 5) is 0. The van der Waals surface area contributed by atoms with E-state index in [1.807, 2.05) is 0 Å². The van der Waals surface area contributed by atoms with E-state index < -0.39 is 0 Å². The summed E-state index contributed by atoms with van der Waals surface area (Å²) < 4.78 is 0. The van der Waals surface area contributed by atoms with Crippen LogP contribution in [0.5, 0.6) is 5.75 Å². The average molecular weight is 192 g/mol. The first-order valence-electron chi connectivity index (χ1n) is 5.06. The number of piperidine rings is 1. The maximum absolute atomic E-state index is 9.40. The molecule has 1 fully saturated rings. The van der Waals surface area contributed by atoms with Crippen molar-refractivity contribution in [1.29, 1.82) is 0 Å². The van der Waals surface area contributed by atoms with Crippen molar-refractivity contribution >= 4 is 5.69 Å². The monoisotopic (exact) mass is 192 g/mol. The van der Waals surface area contributed by atoms with Gasteiger partial charge in [0.1, 0.15) is 5.75 Å². The van der Waals surface area contributed by atoms with Crippen LogP contribution >= 0.6 is 0 Å². The molecule has 14 heavy (non-hydrogen) atoms. The number of hydrogen-bond donors (Lipinski definition) is 3. The molecule has 0 aromatic heterocycles. The summed E-state index contributed by atoms with van der Waals surface area (Å²) in [7, 11) is 0. The molecule has 0 bridgehead atoms. The van der Waals surface area contributed by atoms with Crippen LogP contribution in [0.3, 0.4) is 0 Å². The molecule has 1 saturated heterocycles. The largest absolute Gasteiger partial charge is 0.508 e. The molecule has 0 unspecified atom stereocenters. The van der Waals surface area contributed by atoms with Crippen molar-refractivity contribution in [3.8, 4) is 5.75 Å². The molecular formula is C11H16N2O. The van der Waals surface area contributed by atoms with Crippen molar-refractivity contribution in [1.82, 2.24) is 5.32 Å². The van der Waals surface area contributed by atoms with Gasteiger partial charge in [0, 0.05) is 5.69 Å². The Hall–Kier alpha value is -1.22. The predicted octanol–water partition coefficient (Wildman–Crippen LogP) is 1.44. The lowest BCUT2D eigenvalue weighted by Gasteiger charge is -2.24. The van der Waals surface area contributed by atoms with Gasteiger partial charge in [0.25, 0.3) is 0 Å². The first-order chi connectivity index (χ1) is 6.77.